The van der Waals surface area contributed by atoms with Crippen LogP contribution < -0.4 is 5.32 Å². The molecule has 0 radical (unpaired) electrons. The smallest absolute Gasteiger partial charge is 0.227 e. The van der Waals surface area contributed by atoms with Gasteiger partial charge in [-0.2, -0.15) is 0 Å². The summed E-state index contributed by atoms with van der Waals surface area (Å²) >= 11 is 0. The first-order valence-electron chi connectivity index (χ1n) is 6.22. The van der Waals surface area contributed by atoms with Crippen molar-refractivity contribution in [3.8, 4) is 0 Å². The summed E-state index contributed by atoms with van der Waals surface area (Å²) in [6, 6.07) is 9.61. The number of carbonyl (C=O) groups is 1. The van der Waals surface area contributed by atoms with Crippen molar-refractivity contribution in [3.05, 3.63) is 48.6 Å². The van der Waals surface area contributed by atoms with Crippen LogP contribution in [0.15, 0.2) is 43.0 Å². The molecule has 1 aromatic rings. The third kappa shape index (κ3) is 4.85. The predicted octanol–water partition coefficient (Wildman–Crippen LogP) is 2.08. The van der Waals surface area contributed by atoms with Gasteiger partial charge >= 0.3 is 0 Å². The maximum Gasteiger partial charge on any atom is 0.227 e. The normalized spacial score (nSPS) is 12.2. The van der Waals surface area contributed by atoms with Crippen molar-refractivity contribution in [1.29, 1.82) is 0 Å². The molecule has 1 atom stereocenters. The Kier molecular flexibility index (Phi) is 6.85. The van der Waals surface area contributed by atoms with Gasteiger partial charge in [0.15, 0.2) is 6.29 Å². The first-order chi connectivity index (χ1) is 9.22. The molecule has 1 N–H and O–H groups in total. The summed E-state index contributed by atoms with van der Waals surface area (Å²) in [4.78, 5) is 12.2. The lowest BCUT2D eigenvalue weighted by molar-refractivity contribution is -0.131. The molecule has 0 unspecified atom stereocenters. The third-order valence-corrected chi connectivity index (χ3v) is 2.89. The lowest BCUT2D eigenvalue weighted by Gasteiger charge is -2.21. The second-order valence-corrected chi connectivity index (χ2v) is 4.13. The molecule has 0 saturated carbocycles. The van der Waals surface area contributed by atoms with Crippen molar-refractivity contribution >= 4 is 5.91 Å². The molecule has 0 aliphatic carbocycles. The molecule has 0 aliphatic rings. The Morgan fingerprint density at radius 1 is 1.32 bits per heavy atom. The molecule has 4 nitrogen and oxygen atoms in total. The second kappa shape index (κ2) is 8.45. The van der Waals surface area contributed by atoms with E-state index in [-0.39, 0.29) is 11.8 Å². The van der Waals surface area contributed by atoms with Gasteiger partial charge in [-0.3, -0.25) is 4.79 Å². The Bertz CT molecular complexity index is 388. The Morgan fingerprint density at radius 3 is 2.47 bits per heavy atom. The summed E-state index contributed by atoms with van der Waals surface area (Å²) < 4.78 is 10.4. The molecule has 0 aliphatic heterocycles. The molecular formula is C15H21NO3. The van der Waals surface area contributed by atoms with Crippen LogP contribution in [0.2, 0.25) is 0 Å². The number of benzene rings is 1. The Labute approximate surface area is 114 Å². The van der Waals surface area contributed by atoms with Gasteiger partial charge in [-0.25, -0.2) is 0 Å². The number of ether oxygens (including phenoxy) is 2. The highest BCUT2D eigenvalue weighted by Crippen LogP contribution is 2.22. The minimum atomic E-state index is -0.403. The van der Waals surface area contributed by atoms with E-state index in [2.05, 4.69) is 11.9 Å². The fraction of sp³-hybridized carbons (Fsp3) is 0.400. The molecule has 1 amide bonds. The Hall–Kier alpha value is -1.65. The summed E-state index contributed by atoms with van der Waals surface area (Å²) in [6.07, 6.45) is 1.73. The summed E-state index contributed by atoms with van der Waals surface area (Å²) in [5.74, 6) is -0.351. The molecule has 104 valence electrons. The van der Waals surface area contributed by atoms with E-state index in [4.69, 9.17) is 9.47 Å². The van der Waals surface area contributed by atoms with E-state index in [1.165, 1.54) is 0 Å². The highest BCUT2D eigenvalue weighted by Gasteiger charge is 2.24. The SMILES string of the molecule is C=CCNC(=O)[C@@H](CC(OC)OC)c1ccccc1. The van der Waals surface area contributed by atoms with Crippen molar-refractivity contribution in [3.63, 3.8) is 0 Å². The van der Waals surface area contributed by atoms with Crippen LogP contribution in [0.5, 0.6) is 0 Å². The minimum absolute atomic E-state index is 0.0507. The molecular weight excluding hydrogens is 242 g/mol. The van der Waals surface area contributed by atoms with Crippen LogP contribution in [0.25, 0.3) is 0 Å². The monoisotopic (exact) mass is 263 g/mol. The maximum absolute atomic E-state index is 12.2. The zero-order valence-electron chi connectivity index (χ0n) is 11.5. The Morgan fingerprint density at radius 2 is 1.95 bits per heavy atom. The molecule has 0 spiro atoms. The first kappa shape index (κ1) is 15.4. The van der Waals surface area contributed by atoms with Gasteiger partial charge in [0.05, 0.1) is 5.92 Å². The molecule has 0 heterocycles. The van der Waals surface area contributed by atoms with Crippen molar-refractivity contribution < 1.29 is 14.3 Å². The summed E-state index contributed by atoms with van der Waals surface area (Å²) in [7, 11) is 3.13. The molecule has 1 rings (SSSR count). The molecule has 4 heteroatoms. The van der Waals surface area contributed by atoms with E-state index in [0.717, 1.165) is 5.56 Å². The van der Waals surface area contributed by atoms with Gasteiger partial charge in [0.2, 0.25) is 5.91 Å². The van der Waals surface area contributed by atoms with E-state index in [9.17, 15) is 4.79 Å². The highest BCUT2D eigenvalue weighted by molar-refractivity contribution is 5.83. The number of rotatable bonds is 8. The molecule has 1 aromatic carbocycles. The van der Waals surface area contributed by atoms with Crippen molar-refractivity contribution in [1.82, 2.24) is 5.32 Å². The summed E-state index contributed by atoms with van der Waals surface area (Å²) in [5.41, 5.74) is 0.947. The number of nitrogens with one attached hydrogen (secondary N) is 1. The lowest BCUT2D eigenvalue weighted by Crippen LogP contribution is -2.32. The van der Waals surface area contributed by atoms with E-state index >= 15 is 0 Å². The second-order valence-electron chi connectivity index (χ2n) is 4.13. The number of hydrogen-bond donors (Lipinski definition) is 1. The van der Waals surface area contributed by atoms with Gasteiger partial charge in [-0.1, -0.05) is 36.4 Å². The van der Waals surface area contributed by atoms with E-state index in [0.29, 0.717) is 13.0 Å². The third-order valence-electron chi connectivity index (χ3n) is 2.89. The van der Waals surface area contributed by atoms with Crippen LogP contribution in [-0.4, -0.2) is 33.0 Å². The maximum atomic E-state index is 12.2. The van der Waals surface area contributed by atoms with Crippen molar-refractivity contribution in [2.45, 2.75) is 18.6 Å². The zero-order chi connectivity index (χ0) is 14.1. The highest BCUT2D eigenvalue weighted by atomic mass is 16.7. The van der Waals surface area contributed by atoms with Crippen LogP contribution in [-0.2, 0) is 14.3 Å². The van der Waals surface area contributed by atoms with Crippen LogP contribution in [0.1, 0.15) is 17.9 Å². The number of amides is 1. The topological polar surface area (TPSA) is 47.6 Å². The average Bonchev–Trinajstić information content (AvgIpc) is 2.47. The van der Waals surface area contributed by atoms with E-state index in [1.54, 1.807) is 20.3 Å². The number of hydrogen-bond acceptors (Lipinski definition) is 3. The quantitative estimate of drug-likeness (QED) is 0.577. The van der Waals surface area contributed by atoms with Crippen LogP contribution in [0, 0.1) is 0 Å². The average molecular weight is 263 g/mol. The molecule has 0 bridgehead atoms. The van der Waals surface area contributed by atoms with E-state index in [1.807, 2.05) is 30.3 Å². The predicted molar refractivity (Wildman–Crippen MR) is 74.8 cm³/mol. The van der Waals surface area contributed by atoms with Gasteiger partial charge in [-0.05, 0) is 5.56 Å². The number of methoxy groups -OCH3 is 2. The van der Waals surface area contributed by atoms with Crippen LogP contribution in [0.3, 0.4) is 0 Å². The van der Waals surface area contributed by atoms with Gasteiger partial charge in [0.1, 0.15) is 0 Å². The summed E-state index contributed by atoms with van der Waals surface area (Å²) in [6.45, 7) is 4.05. The molecule has 19 heavy (non-hydrogen) atoms. The van der Waals surface area contributed by atoms with Crippen LogP contribution in [0.4, 0.5) is 0 Å². The van der Waals surface area contributed by atoms with E-state index < -0.39 is 6.29 Å². The fourth-order valence-corrected chi connectivity index (χ4v) is 1.86. The van der Waals surface area contributed by atoms with Gasteiger partial charge in [0, 0.05) is 27.2 Å². The number of carbonyl (C=O) groups excluding carboxylic acids is 1. The lowest BCUT2D eigenvalue weighted by atomic mass is 9.94. The molecule has 0 aromatic heterocycles. The molecule has 0 fully saturated rings. The van der Waals surface area contributed by atoms with Crippen molar-refractivity contribution in [2.75, 3.05) is 20.8 Å². The first-order valence-corrected chi connectivity index (χ1v) is 6.22. The van der Waals surface area contributed by atoms with Gasteiger partial charge < -0.3 is 14.8 Å². The molecule has 0 saturated heterocycles. The zero-order valence-corrected chi connectivity index (χ0v) is 11.5. The minimum Gasteiger partial charge on any atom is -0.356 e. The van der Waals surface area contributed by atoms with Crippen LogP contribution >= 0.6 is 0 Å². The summed E-state index contributed by atoms with van der Waals surface area (Å²) in [5, 5.41) is 2.82. The van der Waals surface area contributed by atoms with Crippen molar-refractivity contribution in [2.24, 2.45) is 0 Å². The Balaban J connectivity index is 2.84. The van der Waals surface area contributed by atoms with Gasteiger partial charge in [-0.15, -0.1) is 6.58 Å². The standard InChI is InChI=1S/C15H21NO3/c1-4-10-16-15(17)13(11-14(18-2)19-3)12-8-6-5-7-9-12/h4-9,13-14H,1,10-11H2,2-3H3,(H,16,17)/t13-/m0/s1. The fourth-order valence-electron chi connectivity index (χ4n) is 1.86. The largest absolute Gasteiger partial charge is 0.356 e. The van der Waals surface area contributed by atoms with Gasteiger partial charge in [0.25, 0.3) is 0 Å².